The number of non-ortho nitro benzene ring substituents is 1. The van der Waals surface area contributed by atoms with E-state index in [1.165, 1.54) is 31.2 Å². The molecule has 9 nitrogen and oxygen atoms in total. The molecule has 25 heavy (non-hydrogen) atoms. The number of nitrogens with one attached hydrogen (secondary N) is 1. The van der Waals surface area contributed by atoms with Crippen molar-refractivity contribution in [2.45, 2.75) is 19.8 Å². The lowest BCUT2D eigenvalue weighted by molar-refractivity contribution is -0.384. The molecule has 1 aromatic carbocycles. The van der Waals surface area contributed by atoms with Crippen LogP contribution < -0.4 is 0 Å². The number of nitro benzene ring substituents is 1. The van der Waals surface area contributed by atoms with Gasteiger partial charge < -0.3 is 14.6 Å². The summed E-state index contributed by atoms with van der Waals surface area (Å²) in [6.45, 7) is 2.98. The molecular weight excluding hydrogens is 332 g/mol. The van der Waals surface area contributed by atoms with Gasteiger partial charge in [0, 0.05) is 18.1 Å². The van der Waals surface area contributed by atoms with Crippen LogP contribution in [0.3, 0.4) is 0 Å². The van der Waals surface area contributed by atoms with Crippen LogP contribution in [0.4, 0.5) is 5.69 Å². The van der Waals surface area contributed by atoms with Crippen molar-refractivity contribution in [2.75, 3.05) is 6.61 Å². The van der Waals surface area contributed by atoms with Gasteiger partial charge in [-0.3, -0.25) is 20.3 Å². The Bertz CT molecular complexity index is 784. The van der Waals surface area contributed by atoms with Crippen LogP contribution in [0.2, 0.25) is 0 Å². The van der Waals surface area contributed by atoms with Gasteiger partial charge in [0.05, 0.1) is 17.1 Å². The van der Waals surface area contributed by atoms with Gasteiger partial charge in [0.25, 0.3) is 5.69 Å². The molecular formula is C16H16N2O7. The number of carboxylic acids is 1. The van der Waals surface area contributed by atoms with Gasteiger partial charge in [0.1, 0.15) is 11.7 Å². The zero-order chi connectivity index (χ0) is 18.7. The quantitative estimate of drug-likeness (QED) is 0.472. The summed E-state index contributed by atoms with van der Waals surface area (Å²) < 4.78 is 10.1. The van der Waals surface area contributed by atoms with Gasteiger partial charge in [0.2, 0.25) is 5.90 Å². The Kier molecular flexibility index (Phi) is 5.16. The summed E-state index contributed by atoms with van der Waals surface area (Å²) in [6.07, 6.45) is 0. The standard InChI is InChI=1S/C16H16N2O7/c1-3-24-16(21)13-12(9-5-4-6-10(7-9)18(22)23)11(15(19)20)8(2)25-14(13)17/h4-7,12-13,17H,3H2,1-2H3,(H,19,20). The van der Waals surface area contributed by atoms with Crippen molar-refractivity contribution < 1.29 is 29.1 Å². The number of nitrogens with zero attached hydrogens (tertiary/aromatic N) is 1. The van der Waals surface area contributed by atoms with Crippen LogP contribution in [0.1, 0.15) is 25.3 Å². The second kappa shape index (κ2) is 7.12. The highest BCUT2D eigenvalue weighted by atomic mass is 16.6. The fourth-order valence-corrected chi connectivity index (χ4v) is 2.77. The van der Waals surface area contributed by atoms with Crippen LogP contribution in [-0.4, -0.2) is 34.5 Å². The molecule has 2 atom stereocenters. The summed E-state index contributed by atoms with van der Waals surface area (Å²) in [4.78, 5) is 34.4. The first-order valence-corrected chi connectivity index (χ1v) is 7.39. The van der Waals surface area contributed by atoms with Crippen LogP contribution in [0.25, 0.3) is 0 Å². The highest BCUT2D eigenvalue weighted by Crippen LogP contribution is 2.40. The van der Waals surface area contributed by atoms with E-state index in [1.54, 1.807) is 6.92 Å². The SMILES string of the molecule is CCOC(=O)C1C(=N)OC(C)=C(C(=O)O)C1c1cccc([N+](=O)[O-])c1. The number of hydrogen-bond donors (Lipinski definition) is 2. The number of allylic oxidation sites excluding steroid dienone is 1. The highest BCUT2D eigenvalue weighted by molar-refractivity contribution is 6.03. The molecule has 0 aromatic heterocycles. The second-order valence-electron chi connectivity index (χ2n) is 5.30. The van der Waals surface area contributed by atoms with Crippen molar-refractivity contribution in [1.29, 1.82) is 5.41 Å². The maximum atomic E-state index is 12.3. The fourth-order valence-electron chi connectivity index (χ4n) is 2.77. The van der Waals surface area contributed by atoms with Crippen LogP contribution in [0.15, 0.2) is 35.6 Å². The van der Waals surface area contributed by atoms with E-state index >= 15 is 0 Å². The second-order valence-corrected chi connectivity index (χ2v) is 5.30. The van der Waals surface area contributed by atoms with Crippen molar-refractivity contribution in [1.82, 2.24) is 0 Å². The van der Waals surface area contributed by atoms with Gasteiger partial charge in [-0.15, -0.1) is 0 Å². The van der Waals surface area contributed by atoms with E-state index in [9.17, 15) is 24.8 Å². The lowest BCUT2D eigenvalue weighted by atomic mass is 9.78. The summed E-state index contributed by atoms with van der Waals surface area (Å²) in [5.74, 6) is -5.13. The normalized spacial score (nSPS) is 20.0. The number of carbonyl (C=O) groups excluding carboxylic acids is 1. The molecule has 0 spiro atoms. The Balaban J connectivity index is 2.66. The van der Waals surface area contributed by atoms with Crippen LogP contribution in [0.5, 0.6) is 0 Å². The number of carboxylic acid groups (broad SMARTS) is 1. The number of rotatable bonds is 5. The Labute approximate surface area is 142 Å². The highest BCUT2D eigenvalue weighted by Gasteiger charge is 2.45. The van der Waals surface area contributed by atoms with Crippen molar-refractivity contribution in [2.24, 2.45) is 5.92 Å². The van der Waals surface area contributed by atoms with E-state index in [0.29, 0.717) is 0 Å². The molecule has 0 fully saturated rings. The molecule has 0 saturated heterocycles. The Morgan fingerprint density at radius 1 is 1.44 bits per heavy atom. The molecule has 0 aliphatic carbocycles. The molecule has 132 valence electrons. The number of nitro groups is 1. The lowest BCUT2D eigenvalue weighted by Gasteiger charge is -2.31. The Hall–Kier alpha value is -3.23. The van der Waals surface area contributed by atoms with Crippen molar-refractivity contribution >= 4 is 23.5 Å². The number of benzene rings is 1. The molecule has 0 saturated carbocycles. The summed E-state index contributed by atoms with van der Waals surface area (Å²) >= 11 is 0. The van der Waals surface area contributed by atoms with Crippen molar-refractivity contribution in [3.8, 4) is 0 Å². The molecule has 0 radical (unpaired) electrons. The lowest BCUT2D eigenvalue weighted by Crippen LogP contribution is -2.39. The van der Waals surface area contributed by atoms with Gasteiger partial charge >= 0.3 is 11.9 Å². The van der Waals surface area contributed by atoms with Crippen LogP contribution in [0, 0.1) is 21.4 Å². The first kappa shape index (κ1) is 18.1. The van der Waals surface area contributed by atoms with Gasteiger partial charge in [-0.1, -0.05) is 12.1 Å². The number of ether oxygens (including phenoxy) is 2. The van der Waals surface area contributed by atoms with E-state index in [0.717, 1.165) is 0 Å². The van der Waals surface area contributed by atoms with Gasteiger partial charge in [-0.05, 0) is 19.4 Å². The Morgan fingerprint density at radius 3 is 2.68 bits per heavy atom. The molecule has 1 heterocycles. The first-order chi connectivity index (χ1) is 11.8. The maximum absolute atomic E-state index is 12.3. The fraction of sp³-hybridized carbons (Fsp3) is 0.312. The Morgan fingerprint density at radius 2 is 2.12 bits per heavy atom. The molecule has 2 unspecified atom stereocenters. The third-order valence-corrected chi connectivity index (χ3v) is 3.78. The average Bonchev–Trinajstić information content (AvgIpc) is 2.53. The smallest absolute Gasteiger partial charge is 0.335 e. The molecule has 2 N–H and O–H groups in total. The minimum absolute atomic E-state index is 0.0371. The minimum Gasteiger partial charge on any atom is -0.478 e. The topological polar surface area (TPSA) is 140 Å². The summed E-state index contributed by atoms with van der Waals surface area (Å²) in [6, 6.07) is 5.30. The van der Waals surface area contributed by atoms with Crippen LogP contribution in [-0.2, 0) is 19.1 Å². The molecule has 1 aliphatic rings. The monoisotopic (exact) mass is 348 g/mol. The number of hydrogen-bond acceptors (Lipinski definition) is 7. The molecule has 0 amide bonds. The number of esters is 1. The zero-order valence-corrected chi connectivity index (χ0v) is 13.5. The molecule has 1 aliphatic heterocycles. The first-order valence-electron chi connectivity index (χ1n) is 7.39. The predicted molar refractivity (Wildman–Crippen MR) is 85.1 cm³/mol. The molecule has 2 rings (SSSR count). The minimum atomic E-state index is -1.34. The van der Waals surface area contributed by atoms with Crippen molar-refractivity contribution in [3.63, 3.8) is 0 Å². The van der Waals surface area contributed by atoms with E-state index in [2.05, 4.69) is 0 Å². The van der Waals surface area contributed by atoms with Gasteiger partial charge in [-0.2, -0.15) is 0 Å². The maximum Gasteiger partial charge on any atom is 0.335 e. The molecule has 0 bridgehead atoms. The zero-order valence-electron chi connectivity index (χ0n) is 13.5. The summed E-state index contributed by atoms with van der Waals surface area (Å²) in [7, 11) is 0. The molecule has 9 heteroatoms. The van der Waals surface area contributed by atoms with Gasteiger partial charge in [-0.25, -0.2) is 4.79 Å². The average molecular weight is 348 g/mol. The third kappa shape index (κ3) is 3.49. The number of carbonyl (C=O) groups is 2. The third-order valence-electron chi connectivity index (χ3n) is 3.78. The summed E-state index contributed by atoms with van der Waals surface area (Å²) in [5, 5.41) is 28.5. The van der Waals surface area contributed by atoms with E-state index in [1.807, 2.05) is 0 Å². The van der Waals surface area contributed by atoms with Crippen molar-refractivity contribution in [3.05, 3.63) is 51.3 Å². The van der Waals surface area contributed by atoms with E-state index in [4.69, 9.17) is 14.9 Å². The molecule has 1 aromatic rings. The summed E-state index contributed by atoms with van der Waals surface area (Å²) in [5.41, 5.74) is -0.271. The predicted octanol–water partition coefficient (Wildman–Crippen LogP) is 2.22. The number of aliphatic carboxylic acids is 1. The van der Waals surface area contributed by atoms with Crippen LogP contribution >= 0.6 is 0 Å². The van der Waals surface area contributed by atoms with Gasteiger partial charge in [0.15, 0.2) is 0 Å². The van der Waals surface area contributed by atoms with E-state index in [-0.39, 0.29) is 29.2 Å². The van der Waals surface area contributed by atoms with E-state index < -0.39 is 34.6 Å². The largest absolute Gasteiger partial charge is 0.478 e.